The van der Waals surface area contributed by atoms with E-state index in [4.69, 9.17) is 16.7 Å². The number of carbonyl (C=O) groups is 4. The average Bonchev–Trinajstić information content (AvgIpc) is 2.58. The molecule has 10 heteroatoms. The zero-order chi connectivity index (χ0) is 20.4. The minimum Gasteiger partial charge on any atom is -0.480 e. The zero-order valence-corrected chi connectivity index (χ0v) is 15.8. The van der Waals surface area contributed by atoms with E-state index in [9.17, 15) is 19.2 Å². The van der Waals surface area contributed by atoms with Gasteiger partial charge in [0.2, 0.25) is 11.8 Å². The van der Waals surface area contributed by atoms with Crippen molar-refractivity contribution in [3.05, 3.63) is 29.3 Å². The van der Waals surface area contributed by atoms with Crippen LogP contribution in [0.1, 0.15) is 20.3 Å². The summed E-state index contributed by atoms with van der Waals surface area (Å²) in [6, 6.07) is 5.03. The van der Waals surface area contributed by atoms with Crippen molar-refractivity contribution in [2.45, 2.75) is 26.3 Å². The highest BCUT2D eigenvalue weighted by molar-refractivity contribution is 6.30. The second-order valence-corrected chi connectivity index (χ2v) is 6.61. The number of aliphatic carboxylic acids is 1. The van der Waals surface area contributed by atoms with Crippen LogP contribution in [0.15, 0.2) is 24.3 Å². The Morgan fingerprint density at radius 2 is 1.67 bits per heavy atom. The van der Waals surface area contributed by atoms with Crippen molar-refractivity contribution >= 4 is 41.1 Å². The first-order valence-corrected chi connectivity index (χ1v) is 8.64. The largest absolute Gasteiger partial charge is 0.480 e. The van der Waals surface area contributed by atoms with Crippen LogP contribution in [0.5, 0.6) is 0 Å². The third kappa shape index (κ3) is 9.45. The molecule has 0 aliphatic rings. The number of urea groups is 1. The maximum atomic E-state index is 12.3. The Hall–Kier alpha value is -2.81. The van der Waals surface area contributed by atoms with Gasteiger partial charge in [-0.05, 0) is 36.6 Å². The summed E-state index contributed by atoms with van der Waals surface area (Å²) >= 11 is 5.78. The summed E-state index contributed by atoms with van der Waals surface area (Å²) in [6.07, 6.45) is 0.358. The molecule has 0 aliphatic heterocycles. The third-order valence-electron chi connectivity index (χ3n) is 3.29. The number of benzene rings is 1. The Morgan fingerprint density at radius 3 is 2.22 bits per heavy atom. The van der Waals surface area contributed by atoms with E-state index < -0.39 is 36.4 Å². The van der Waals surface area contributed by atoms with Crippen LogP contribution in [0.4, 0.5) is 10.5 Å². The van der Waals surface area contributed by atoms with Gasteiger partial charge in [0.25, 0.3) is 0 Å². The molecule has 4 amide bonds. The Balaban J connectivity index is 2.58. The highest BCUT2D eigenvalue weighted by atomic mass is 35.5. The fourth-order valence-corrected chi connectivity index (χ4v) is 2.21. The summed E-state index contributed by atoms with van der Waals surface area (Å²) in [5.74, 6) is -2.26. The second kappa shape index (κ2) is 11.0. The molecule has 1 rings (SSSR count). The number of rotatable bonds is 9. The molecular weight excluding hydrogens is 376 g/mol. The van der Waals surface area contributed by atoms with Crippen molar-refractivity contribution in [1.82, 2.24) is 16.0 Å². The van der Waals surface area contributed by atoms with Crippen LogP contribution in [0.25, 0.3) is 0 Å². The zero-order valence-electron chi connectivity index (χ0n) is 15.0. The smallest absolute Gasteiger partial charge is 0.322 e. The molecule has 148 valence electrons. The molecule has 0 radical (unpaired) electrons. The molecule has 0 spiro atoms. The lowest BCUT2D eigenvalue weighted by Crippen LogP contribution is -2.50. The van der Waals surface area contributed by atoms with Gasteiger partial charge in [-0.3, -0.25) is 14.4 Å². The number of nitrogens with one attached hydrogen (secondary N) is 4. The van der Waals surface area contributed by atoms with E-state index in [-0.39, 0.29) is 12.5 Å². The predicted molar refractivity (Wildman–Crippen MR) is 101 cm³/mol. The van der Waals surface area contributed by atoms with E-state index in [0.29, 0.717) is 17.1 Å². The fraction of sp³-hybridized carbons (Fsp3) is 0.412. The summed E-state index contributed by atoms with van der Waals surface area (Å²) in [5, 5.41) is 18.7. The molecule has 0 saturated carbocycles. The fourth-order valence-electron chi connectivity index (χ4n) is 2.09. The van der Waals surface area contributed by atoms with Crippen LogP contribution in [-0.4, -0.2) is 48.1 Å². The molecular formula is C17H23ClN4O5. The lowest BCUT2D eigenvalue weighted by Gasteiger charge is -2.20. The molecule has 1 aromatic rings. The summed E-state index contributed by atoms with van der Waals surface area (Å²) < 4.78 is 0. The lowest BCUT2D eigenvalue weighted by atomic mass is 10.0. The van der Waals surface area contributed by atoms with Gasteiger partial charge in [0.05, 0.1) is 6.54 Å². The SMILES string of the molecule is CC(C)C[C@H](NC(=O)Nc1ccc(Cl)cc1)C(=O)NCC(=O)NCC(=O)O. The van der Waals surface area contributed by atoms with Crippen LogP contribution < -0.4 is 21.3 Å². The molecule has 0 aliphatic carbocycles. The van der Waals surface area contributed by atoms with E-state index in [2.05, 4.69) is 21.3 Å². The van der Waals surface area contributed by atoms with Crippen molar-refractivity contribution < 1.29 is 24.3 Å². The van der Waals surface area contributed by atoms with Crippen LogP contribution in [0, 0.1) is 5.92 Å². The second-order valence-electron chi connectivity index (χ2n) is 6.18. The van der Waals surface area contributed by atoms with Gasteiger partial charge in [-0.15, -0.1) is 0 Å². The van der Waals surface area contributed by atoms with Gasteiger partial charge in [-0.25, -0.2) is 4.79 Å². The Labute approximate surface area is 161 Å². The van der Waals surface area contributed by atoms with Crippen LogP contribution in [0.2, 0.25) is 5.02 Å². The maximum Gasteiger partial charge on any atom is 0.322 e. The number of halogens is 1. The summed E-state index contributed by atoms with van der Waals surface area (Å²) in [7, 11) is 0. The Bertz CT molecular complexity index is 678. The first kappa shape index (κ1) is 22.2. The number of anilines is 1. The van der Waals surface area contributed by atoms with Gasteiger partial charge in [0.15, 0.2) is 0 Å². The number of hydrogen-bond acceptors (Lipinski definition) is 4. The molecule has 1 aromatic carbocycles. The van der Waals surface area contributed by atoms with Gasteiger partial charge in [-0.2, -0.15) is 0 Å². The molecule has 9 nitrogen and oxygen atoms in total. The maximum absolute atomic E-state index is 12.3. The standard InChI is InChI=1S/C17H23ClN4O5/c1-10(2)7-13(16(26)20-8-14(23)19-9-15(24)25)22-17(27)21-12-5-3-11(18)4-6-12/h3-6,10,13H,7-9H2,1-2H3,(H,19,23)(H,20,26)(H,24,25)(H2,21,22,27)/t13-/m0/s1. The Morgan fingerprint density at radius 1 is 1.04 bits per heavy atom. The molecule has 0 fully saturated rings. The van der Waals surface area contributed by atoms with Gasteiger partial charge in [-0.1, -0.05) is 25.4 Å². The van der Waals surface area contributed by atoms with Crippen molar-refractivity contribution in [2.75, 3.05) is 18.4 Å². The summed E-state index contributed by atoms with van der Waals surface area (Å²) in [6.45, 7) is 2.85. The van der Waals surface area contributed by atoms with E-state index in [1.54, 1.807) is 24.3 Å². The minimum absolute atomic E-state index is 0.109. The average molecular weight is 399 g/mol. The van der Waals surface area contributed by atoms with Crippen molar-refractivity contribution in [3.8, 4) is 0 Å². The van der Waals surface area contributed by atoms with Gasteiger partial charge < -0.3 is 26.4 Å². The number of carboxylic acid groups (broad SMARTS) is 1. The number of amides is 4. The molecule has 0 unspecified atom stereocenters. The van der Waals surface area contributed by atoms with E-state index in [0.717, 1.165) is 0 Å². The molecule has 5 N–H and O–H groups in total. The monoisotopic (exact) mass is 398 g/mol. The predicted octanol–water partition coefficient (Wildman–Crippen LogP) is 1.19. The third-order valence-corrected chi connectivity index (χ3v) is 3.54. The molecule has 0 saturated heterocycles. The van der Waals surface area contributed by atoms with Crippen molar-refractivity contribution in [1.29, 1.82) is 0 Å². The lowest BCUT2D eigenvalue weighted by molar-refractivity contribution is -0.137. The van der Waals surface area contributed by atoms with Crippen LogP contribution in [0.3, 0.4) is 0 Å². The normalized spacial score (nSPS) is 11.4. The summed E-state index contributed by atoms with van der Waals surface area (Å²) in [5.41, 5.74) is 0.508. The van der Waals surface area contributed by atoms with E-state index in [1.165, 1.54) is 0 Å². The van der Waals surface area contributed by atoms with E-state index >= 15 is 0 Å². The quantitative estimate of drug-likeness (QED) is 0.425. The van der Waals surface area contributed by atoms with Crippen LogP contribution >= 0.6 is 11.6 Å². The molecule has 27 heavy (non-hydrogen) atoms. The molecule has 0 bridgehead atoms. The summed E-state index contributed by atoms with van der Waals surface area (Å²) in [4.78, 5) is 46.3. The van der Waals surface area contributed by atoms with Gasteiger partial charge >= 0.3 is 12.0 Å². The Kier molecular flexibility index (Phi) is 9.07. The first-order chi connectivity index (χ1) is 12.7. The van der Waals surface area contributed by atoms with Crippen LogP contribution in [-0.2, 0) is 14.4 Å². The topological polar surface area (TPSA) is 137 Å². The highest BCUT2D eigenvalue weighted by Gasteiger charge is 2.22. The van der Waals surface area contributed by atoms with Gasteiger partial charge in [0, 0.05) is 10.7 Å². The minimum atomic E-state index is -1.19. The highest BCUT2D eigenvalue weighted by Crippen LogP contribution is 2.13. The first-order valence-electron chi connectivity index (χ1n) is 8.26. The molecule has 1 atom stereocenters. The van der Waals surface area contributed by atoms with Gasteiger partial charge in [0.1, 0.15) is 12.6 Å². The van der Waals surface area contributed by atoms with Crippen molar-refractivity contribution in [2.24, 2.45) is 5.92 Å². The number of hydrogen-bond donors (Lipinski definition) is 5. The number of carbonyl (C=O) groups excluding carboxylic acids is 3. The molecule has 0 heterocycles. The van der Waals surface area contributed by atoms with Crippen molar-refractivity contribution in [3.63, 3.8) is 0 Å². The number of carboxylic acids is 1. The molecule has 0 aromatic heterocycles. The van der Waals surface area contributed by atoms with E-state index in [1.807, 2.05) is 13.8 Å².